The van der Waals surface area contributed by atoms with E-state index in [1.165, 1.54) is 0 Å². The molecule has 0 amide bonds. The van der Waals surface area contributed by atoms with E-state index in [9.17, 15) is 9.90 Å². The van der Waals surface area contributed by atoms with Crippen molar-refractivity contribution in [2.45, 2.75) is 20.8 Å². The van der Waals surface area contributed by atoms with Gasteiger partial charge >= 0.3 is 5.97 Å². The van der Waals surface area contributed by atoms with Crippen molar-refractivity contribution >= 4 is 17.3 Å². The maximum Gasteiger partial charge on any atom is 0.337 e. The minimum absolute atomic E-state index is 0.343. The Morgan fingerprint density at radius 1 is 1.10 bits per heavy atom. The van der Waals surface area contributed by atoms with Crippen LogP contribution in [0.5, 0.6) is 0 Å². The highest BCUT2D eigenvalue weighted by molar-refractivity contribution is 5.96. The maximum absolute atomic E-state index is 11.5. The third-order valence-electron chi connectivity index (χ3n) is 3.40. The predicted molar refractivity (Wildman–Crippen MR) is 82.0 cm³/mol. The summed E-state index contributed by atoms with van der Waals surface area (Å²) >= 11 is 0. The van der Waals surface area contributed by atoms with Crippen molar-refractivity contribution in [1.82, 2.24) is 0 Å². The molecule has 0 aliphatic heterocycles. The maximum atomic E-state index is 11.5. The summed E-state index contributed by atoms with van der Waals surface area (Å²) in [6.07, 6.45) is 0. The molecule has 0 unspecified atom stereocenters. The normalized spacial score (nSPS) is 10.3. The summed E-state index contributed by atoms with van der Waals surface area (Å²) < 4.78 is 0. The van der Waals surface area contributed by atoms with Crippen LogP contribution in [-0.4, -0.2) is 17.6 Å². The molecule has 0 spiro atoms. The number of carbonyl (C=O) groups is 1. The topological polar surface area (TPSA) is 40.5 Å². The lowest BCUT2D eigenvalue weighted by Gasteiger charge is -2.26. The van der Waals surface area contributed by atoms with Crippen LogP contribution in [0.4, 0.5) is 11.4 Å². The Balaban J connectivity index is 2.58. The van der Waals surface area contributed by atoms with Crippen molar-refractivity contribution in [3.8, 4) is 0 Å². The smallest absolute Gasteiger partial charge is 0.337 e. The number of hydrogen-bond acceptors (Lipinski definition) is 2. The van der Waals surface area contributed by atoms with E-state index >= 15 is 0 Å². The fourth-order valence-electron chi connectivity index (χ4n) is 2.39. The average Bonchev–Trinajstić information content (AvgIpc) is 2.42. The largest absolute Gasteiger partial charge is 0.478 e. The van der Waals surface area contributed by atoms with Gasteiger partial charge in [0.2, 0.25) is 0 Å². The molecule has 0 saturated carbocycles. The van der Waals surface area contributed by atoms with E-state index in [0.29, 0.717) is 12.1 Å². The molecular formula is C17H19NO2. The molecule has 0 heterocycles. The number of nitrogens with zero attached hydrogens (tertiary/aromatic N) is 1. The minimum Gasteiger partial charge on any atom is -0.478 e. The van der Waals surface area contributed by atoms with Crippen LogP contribution in [0.15, 0.2) is 42.5 Å². The van der Waals surface area contributed by atoms with E-state index < -0.39 is 5.97 Å². The van der Waals surface area contributed by atoms with Gasteiger partial charge < -0.3 is 10.0 Å². The molecule has 0 aliphatic rings. The summed E-state index contributed by atoms with van der Waals surface area (Å²) in [4.78, 5) is 13.5. The van der Waals surface area contributed by atoms with E-state index in [4.69, 9.17) is 0 Å². The first-order chi connectivity index (χ1) is 9.54. The van der Waals surface area contributed by atoms with Gasteiger partial charge in [-0.25, -0.2) is 4.79 Å². The first kappa shape index (κ1) is 14.1. The van der Waals surface area contributed by atoms with Crippen molar-refractivity contribution < 1.29 is 9.90 Å². The van der Waals surface area contributed by atoms with Crippen molar-refractivity contribution in [2.24, 2.45) is 0 Å². The van der Waals surface area contributed by atoms with E-state index in [2.05, 4.69) is 0 Å². The third kappa shape index (κ3) is 2.67. The molecule has 3 nitrogen and oxygen atoms in total. The molecule has 2 aromatic rings. The Labute approximate surface area is 119 Å². The molecule has 1 N–H and O–H groups in total. The van der Waals surface area contributed by atoms with E-state index in [0.717, 1.165) is 22.5 Å². The highest BCUT2D eigenvalue weighted by atomic mass is 16.4. The van der Waals surface area contributed by atoms with Gasteiger partial charge in [-0.15, -0.1) is 0 Å². The number of hydrogen-bond donors (Lipinski definition) is 1. The number of anilines is 2. The van der Waals surface area contributed by atoms with Crippen LogP contribution in [0, 0.1) is 13.8 Å². The van der Waals surface area contributed by atoms with Crippen LogP contribution in [0.25, 0.3) is 0 Å². The Hall–Kier alpha value is -2.29. The second-order valence-corrected chi connectivity index (χ2v) is 4.86. The Morgan fingerprint density at radius 2 is 1.80 bits per heavy atom. The zero-order valence-electron chi connectivity index (χ0n) is 12.1. The minimum atomic E-state index is -0.893. The molecule has 0 aliphatic carbocycles. The average molecular weight is 269 g/mol. The van der Waals surface area contributed by atoms with E-state index in [-0.39, 0.29) is 0 Å². The summed E-state index contributed by atoms with van der Waals surface area (Å²) in [6, 6.07) is 13.6. The zero-order chi connectivity index (χ0) is 14.7. The second kappa shape index (κ2) is 5.78. The number of carboxylic acids is 1. The van der Waals surface area contributed by atoms with Crippen molar-refractivity contribution in [1.29, 1.82) is 0 Å². The van der Waals surface area contributed by atoms with Gasteiger partial charge in [-0.2, -0.15) is 0 Å². The Kier molecular flexibility index (Phi) is 4.08. The zero-order valence-corrected chi connectivity index (χ0v) is 12.1. The van der Waals surface area contributed by atoms with E-state index in [1.54, 1.807) is 6.07 Å². The van der Waals surface area contributed by atoms with Crippen LogP contribution in [0.3, 0.4) is 0 Å². The van der Waals surface area contributed by atoms with Gasteiger partial charge in [-0.1, -0.05) is 29.8 Å². The van der Waals surface area contributed by atoms with Crippen LogP contribution in [0.2, 0.25) is 0 Å². The van der Waals surface area contributed by atoms with E-state index in [1.807, 2.05) is 62.1 Å². The summed E-state index contributed by atoms with van der Waals surface area (Å²) in [5.41, 5.74) is 4.20. The number of carboxylic acid groups (broad SMARTS) is 1. The summed E-state index contributed by atoms with van der Waals surface area (Å²) in [5.74, 6) is -0.893. The quantitative estimate of drug-likeness (QED) is 0.906. The SMILES string of the molecule is CCN(c1ccccc1C)c1ccc(C)cc1C(=O)O. The molecule has 104 valence electrons. The fourth-order valence-corrected chi connectivity index (χ4v) is 2.39. The van der Waals surface area contributed by atoms with Gasteiger partial charge in [0.25, 0.3) is 0 Å². The van der Waals surface area contributed by atoms with Crippen molar-refractivity contribution in [3.05, 3.63) is 59.2 Å². The first-order valence-corrected chi connectivity index (χ1v) is 6.71. The van der Waals surface area contributed by atoms with Gasteiger partial charge in [0.05, 0.1) is 11.3 Å². The highest BCUT2D eigenvalue weighted by Gasteiger charge is 2.17. The predicted octanol–water partition coefficient (Wildman–Crippen LogP) is 4.16. The highest BCUT2D eigenvalue weighted by Crippen LogP contribution is 2.31. The number of para-hydroxylation sites is 1. The molecule has 0 atom stereocenters. The summed E-state index contributed by atoms with van der Waals surface area (Å²) in [5, 5.41) is 9.42. The summed E-state index contributed by atoms with van der Waals surface area (Å²) in [7, 11) is 0. The van der Waals surface area contributed by atoms with Gasteiger partial charge in [0.15, 0.2) is 0 Å². The molecule has 3 heteroatoms. The number of aromatic carboxylic acids is 1. The molecule has 0 aromatic heterocycles. The third-order valence-corrected chi connectivity index (χ3v) is 3.40. The van der Waals surface area contributed by atoms with Gasteiger partial charge in [-0.3, -0.25) is 0 Å². The molecule has 20 heavy (non-hydrogen) atoms. The molecular weight excluding hydrogens is 250 g/mol. The van der Waals surface area contributed by atoms with Gasteiger partial charge in [-0.05, 0) is 44.5 Å². The van der Waals surface area contributed by atoms with Gasteiger partial charge in [0.1, 0.15) is 0 Å². The number of benzene rings is 2. The van der Waals surface area contributed by atoms with Crippen LogP contribution in [0.1, 0.15) is 28.4 Å². The molecule has 2 aromatic carbocycles. The first-order valence-electron chi connectivity index (χ1n) is 6.71. The molecule has 0 bridgehead atoms. The lowest BCUT2D eigenvalue weighted by Crippen LogP contribution is -2.20. The van der Waals surface area contributed by atoms with Gasteiger partial charge in [0, 0.05) is 12.2 Å². The Bertz CT molecular complexity index is 635. The summed E-state index contributed by atoms with van der Waals surface area (Å²) in [6.45, 7) is 6.68. The standard InChI is InChI=1S/C17H19NO2/c1-4-18(15-8-6-5-7-13(15)3)16-10-9-12(2)11-14(16)17(19)20/h5-11H,4H2,1-3H3,(H,19,20). The monoisotopic (exact) mass is 269 g/mol. The number of rotatable bonds is 4. The van der Waals surface area contributed by atoms with Crippen molar-refractivity contribution in [3.63, 3.8) is 0 Å². The van der Waals surface area contributed by atoms with Crippen molar-refractivity contribution in [2.75, 3.05) is 11.4 Å². The molecule has 2 rings (SSSR count). The number of aryl methyl sites for hydroxylation is 2. The van der Waals surface area contributed by atoms with Crippen LogP contribution < -0.4 is 4.90 Å². The molecule has 0 saturated heterocycles. The lowest BCUT2D eigenvalue weighted by atomic mass is 10.1. The molecule has 0 radical (unpaired) electrons. The lowest BCUT2D eigenvalue weighted by molar-refractivity contribution is 0.0697. The van der Waals surface area contributed by atoms with Crippen LogP contribution in [-0.2, 0) is 0 Å². The molecule has 0 fully saturated rings. The fraction of sp³-hybridized carbons (Fsp3) is 0.235. The van der Waals surface area contributed by atoms with Crippen LogP contribution >= 0.6 is 0 Å². The Morgan fingerprint density at radius 3 is 2.40 bits per heavy atom. The second-order valence-electron chi connectivity index (χ2n) is 4.86.